The minimum Gasteiger partial charge on any atom is -0.508 e. The Morgan fingerprint density at radius 2 is 1.96 bits per heavy atom. The van der Waals surface area contributed by atoms with Crippen LogP contribution in [0.4, 0.5) is 5.00 Å². The van der Waals surface area contributed by atoms with Gasteiger partial charge in [0.2, 0.25) is 0 Å². The van der Waals surface area contributed by atoms with E-state index in [0.717, 1.165) is 11.1 Å². The van der Waals surface area contributed by atoms with Crippen molar-refractivity contribution in [2.45, 2.75) is 0 Å². The van der Waals surface area contributed by atoms with Crippen LogP contribution in [0.2, 0.25) is 5.02 Å². The molecule has 3 rings (SSSR count). The van der Waals surface area contributed by atoms with Crippen molar-refractivity contribution in [2.75, 3.05) is 12.4 Å². The summed E-state index contributed by atoms with van der Waals surface area (Å²) >= 11 is 8.63. The van der Waals surface area contributed by atoms with E-state index >= 15 is 0 Å². The fourth-order valence-corrected chi connectivity index (χ4v) is 4.24. The average molecular weight is 392 g/mol. The Bertz CT molecular complexity index is 928. The fraction of sp³-hybridized carbons (Fsp3) is 0.0556. The summed E-state index contributed by atoms with van der Waals surface area (Å²) in [5.74, 6) is 0.102. The van der Waals surface area contributed by atoms with Crippen molar-refractivity contribution in [1.82, 2.24) is 0 Å². The highest BCUT2D eigenvalue weighted by atomic mass is 35.5. The highest BCUT2D eigenvalue weighted by molar-refractivity contribution is 7.15. The molecular weight excluding hydrogens is 378 g/mol. The zero-order chi connectivity index (χ0) is 18.0. The van der Waals surface area contributed by atoms with E-state index in [2.05, 4.69) is 11.9 Å². The van der Waals surface area contributed by atoms with E-state index < -0.39 is 0 Å². The molecule has 0 atom stereocenters. The zero-order valence-electron chi connectivity index (χ0n) is 13.2. The van der Waals surface area contributed by atoms with Crippen molar-refractivity contribution in [3.05, 3.63) is 63.1 Å². The average Bonchev–Trinajstić information content (AvgIpc) is 3.22. The van der Waals surface area contributed by atoms with Gasteiger partial charge in [-0.15, -0.1) is 22.7 Å². The molecule has 0 spiro atoms. The highest BCUT2D eigenvalue weighted by Crippen LogP contribution is 2.39. The van der Waals surface area contributed by atoms with E-state index in [1.54, 1.807) is 22.9 Å². The molecule has 3 aromatic rings. The van der Waals surface area contributed by atoms with Gasteiger partial charge in [0, 0.05) is 26.7 Å². The lowest BCUT2D eigenvalue weighted by Gasteiger charge is -2.08. The van der Waals surface area contributed by atoms with Crippen LogP contribution in [0.1, 0.15) is 15.9 Å². The third-order valence-corrected chi connectivity index (χ3v) is 5.42. The Morgan fingerprint density at radius 3 is 2.60 bits per heavy atom. The number of hydrogen-bond acceptors (Lipinski definition) is 5. The first-order valence-electron chi connectivity index (χ1n) is 7.18. The Labute approximate surface area is 158 Å². The van der Waals surface area contributed by atoms with Crippen LogP contribution in [0.5, 0.6) is 5.75 Å². The summed E-state index contributed by atoms with van der Waals surface area (Å²) in [5.41, 5.74) is 2.60. The van der Waals surface area contributed by atoms with Gasteiger partial charge < -0.3 is 15.2 Å². The molecule has 1 amide bonds. The topological polar surface area (TPSA) is 58.6 Å². The lowest BCUT2D eigenvalue weighted by molar-refractivity contribution is 0.102. The van der Waals surface area contributed by atoms with Gasteiger partial charge in [-0.25, -0.2) is 0 Å². The first kappa shape index (κ1) is 17.5. The van der Waals surface area contributed by atoms with E-state index in [-0.39, 0.29) is 11.7 Å². The van der Waals surface area contributed by atoms with Gasteiger partial charge in [0.15, 0.2) is 0 Å². The van der Waals surface area contributed by atoms with Crippen LogP contribution < -0.4 is 10.1 Å². The second kappa shape index (κ2) is 7.31. The number of methoxy groups -OCH3 is 1. The predicted octanol–water partition coefficient (Wildman–Crippen LogP) is 5.92. The zero-order valence-corrected chi connectivity index (χ0v) is 15.6. The molecule has 0 unspecified atom stereocenters. The van der Waals surface area contributed by atoms with E-state index in [4.69, 9.17) is 16.3 Å². The number of nitrogens with one attached hydrogen (secondary N) is 1. The van der Waals surface area contributed by atoms with Crippen molar-refractivity contribution >= 4 is 50.9 Å². The van der Waals surface area contributed by atoms with Gasteiger partial charge in [-0.3, -0.25) is 4.79 Å². The first-order valence-corrected chi connectivity index (χ1v) is 9.38. The fourth-order valence-electron chi connectivity index (χ4n) is 2.36. The number of ether oxygens (including phenoxy) is 1. The summed E-state index contributed by atoms with van der Waals surface area (Å²) in [4.78, 5) is 12.5. The monoisotopic (exact) mass is 391 g/mol. The van der Waals surface area contributed by atoms with Gasteiger partial charge in [0.25, 0.3) is 5.91 Å². The normalized spacial score (nSPS) is 10.5. The van der Waals surface area contributed by atoms with Crippen LogP contribution in [-0.4, -0.2) is 18.1 Å². The number of hydrogen-bond donors (Lipinski definition) is 2. The molecule has 25 heavy (non-hydrogen) atoms. The Kier molecular flexibility index (Phi) is 5.13. The number of anilines is 1. The molecule has 0 aliphatic heterocycles. The van der Waals surface area contributed by atoms with Gasteiger partial charge in [-0.1, -0.05) is 30.3 Å². The lowest BCUT2D eigenvalue weighted by atomic mass is 10.0. The Hall–Kier alpha value is -2.28. The van der Waals surface area contributed by atoms with Gasteiger partial charge >= 0.3 is 0 Å². The first-order chi connectivity index (χ1) is 12.0. The van der Waals surface area contributed by atoms with E-state index in [1.807, 2.05) is 17.5 Å². The Morgan fingerprint density at radius 1 is 1.24 bits per heavy atom. The standard InChI is InChI=1S/C18H14ClNO3S2/c1-10(21)16-13(11-3-5-12(19)6-4-11)8-25-18(16)20-17(22)14-7-24-9-15(14)23-2/h3-9,21H,1H2,2H3,(H,20,22). The number of rotatable bonds is 5. The van der Waals surface area contributed by atoms with Crippen LogP contribution in [0.25, 0.3) is 16.9 Å². The summed E-state index contributed by atoms with van der Waals surface area (Å²) in [6, 6.07) is 7.24. The molecule has 1 aromatic carbocycles. The maximum Gasteiger partial charge on any atom is 0.260 e. The molecule has 2 aromatic heterocycles. The molecule has 128 valence electrons. The van der Waals surface area contributed by atoms with Crippen LogP contribution in [0.15, 0.2) is 47.0 Å². The smallest absolute Gasteiger partial charge is 0.260 e. The molecule has 0 bridgehead atoms. The third-order valence-electron chi connectivity index (χ3n) is 3.55. The third kappa shape index (κ3) is 3.56. The number of thiophene rings is 2. The largest absolute Gasteiger partial charge is 0.508 e. The molecule has 7 heteroatoms. The number of halogens is 1. The second-order valence-corrected chi connectivity index (χ2v) is 7.17. The number of amides is 1. The van der Waals surface area contributed by atoms with Crippen molar-refractivity contribution in [2.24, 2.45) is 0 Å². The quantitative estimate of drug-likeness (QED) is 0.531. The number of carbonyl (C=O) groups excluding carboxylic acids is 1. The van der Waals surface area contributed by atoms with Crippen molar-refractivity contribution in [1.29, 1.82) is 0 Å². The lowest BCUT2D eigenvalue weighted by Crippen LogP contribution is -2.12. The number of aliphatic hydroxyl groups excluding tert-OH is 1. The molecular formula is C18H14ClNO3S2. The molecule has 0 aliphatic carbocycles. The molecule has 0 fully saturated rings. The summed E-state index contributed by atoms with van der Waals surface area (Å²) in [6.45, 7) is 3.63. The molecule has 0 saturated carbocycles. The maximum absolute atomic E-state index is 12.5. The van der Waals surface area contributed by atoms with Crippen molar-refractivity contribution in [3.63, 3.8) is 0 Å². The van der Waals surface area contributed by atoms with Gasteiger partial charge in [0.05, 0.1) is 18.2 Å². The number of benzene rings is 1. The van der Waals surface area contributed by atoms with Crippen LogP contribution >= 0.6 is 34.3 Å². The van der Waals surface area contributed by atoms with E-state index in [1.165, 1.54) is 29.8 Å². The Balaban J connectivity index is 1.96. The predicted molar refractivity (Wildman–Crippen MR) is 105 cm³/mol. The van der Waals surface area contributed by atoms with Gasteiger partial charge in [0.1, 0.15) is 16.5 Å². The highest BCUT2D eigenvalue weighted by Gasteiger charge is 2.20. The van der Waals surface area contributed by atoms with E-state index in [9.17, 15) is 9.90 Å². The molecule has 4 nitrogen and oxygen atoms in total. The van der Waals surface area contributed by atoms with Crippen LogP contribution in [0, 0.1) is 0 Å². The molecule has 0 aliphatic rings. The molecule has 2 heterocycles. The number of aliphatic hydroxyl groups is 1. The van der Waals surface area contributed by atoms with Crippen molar-refractivity contribution < 1.29 is 14.6 Å². The minimum atomic E-state index is -0.301. The number of carbonyl (C=O) groups is 1. The summed E-state index contributed by atoms with van der Waals surface area (Å²) in [7, 11) is 1.52. The SMILES string of the molecule is C=C(O)c1c(-c2ccc(Cl)cc2)csc1NC(=O)c1cscc1OC. The van der Waals surface area contributed by atoms with Crippen LogP contribution in [0.3, 0.4) is 0 Å². The summed E-state index contributed by atoms with van der Waals surface area (Å²) in [6.07, 6.45) is 0. The van der Waals surface area contributed by atoms with Gasteiger partial charge in [-0.05, 0) is 17.7 Å². The summed E-state index contributed by atoms with van der Waals surface area (Å²) in [5, 5.41) is 19.4. The summed E-state index contributed by atoms with van der Waals surface area (Å²) < 4.78 is 5.18. The molecule has 0 radical (unpaired) electrons. The maximum atomic E-state index is 12.5. The molecule has 0 saturated heterocycles. The van der Waals surface area contributed by atoms with Crippen molar-refractivity contribution in [3.8, 4) is 16.9 Å². The second-order valence-electron chi connectivity index (χ2n) is 5.12. The minimum absolute atomic E-state index is 0.112. The van der Waals surface area contributed by atoms with E-state index in [0.29, 0.717) is 26.9 Å². The van der Waals surface area contributed by atoms with Crippen LogP contribution in [-0.2, 0) is 0 Å². The van der Waals surface area contributed by atoms with Gasteiger partial charge in [-0.2, -0.15) is 0 Å². The molecule has 2 N–H and O–H groups in total.